The number of hydrogen-bond acceptors (Lipinski definition) is 2. The van der Waals surface area contributed by atoms with Crippen molar-refractivity contribution in [3.63, 3.8) is 0 Å². The third-order valence-corrected chi connectivity index (χ3v) is 6.66. The third-order valence-electron chi connectivity index (χ3n) is 6.66. The summed E-state index contributed by atoms with van der Waals surface area (Å²) in [6.45, 7) is 15.4. The second kappa shape index (κ2) is 5.61. The van der Waals surface area contributed by atoms with Crippen LogP contribution in [0, 0.1) is 16.7 Å². The SMILES string of the molecule is CCC(C)(C)C1CCC(CN)(N2CCC(C)(C)C2)CC1. The first-order chi connectivity index (χ1) is 9.25. The second-order valence-corrected chi connectivity index (χ2v) is 8.88. The molecule has 0 aromatic rings. The van der Waals surface area contributed by atoms with Gasteiger partial charge in [0.05, 0.1) is 0 Å². The van der Waals surface area contributed by atoms with Gasteiger partial charge < -0.3 is 5.73 Å². The van der Waals surface area contributed by atoms with Crippen molar-refractivity contribution in [1.29, 1.82) is 0 Å². The van der Waals surface area contributed by atoms with Gasteiger partial charge in [0.1, 0.15) is 0 Å². The Kier molecular flexibility index (Phi) is 4.57. The molecule has 1 saturated heterocycles. The molecule has 20 heavy (non-hydrogen) atoms. The van der Waals surface area contributed by atoms with Crippen LogP contribution < -0.4 is 5.73 Å². The minimum absolute atomic E-state index is 0.314. The molecule has 2 aliphatic rings. The van der Waals surface area contributed by atoms with Crippen LogP contribution in [-0.2, 0) is 0 Å². The van der Waals surface area contributed by atoms with Gasteiger partial charge in [-0.2, -0.15) is 0 Å². The van der Waals surface area contributed by atoms with Crippen LogP contribution in [-0.4, -0.2) is 30.1 Å². The zero-order valence-electron chi connectivity index (χ0n) is 14.5. The Labute approximate surface area is 126 Å². The summed E-state index contributed by atoms with van der Waals surface area (Å²) in [7, 11) is 0. The van der Waals surface area contributed by atoms with Crippen LogP contribution in [0.2, 0.25) is 0 Å². The summed E-state index contributed by atoms with van der Waals surface area (Å²) in [5, 5.41) is 0. The van der Waals surface area contributed by atoms with E-state index in [-0.39, 0.29) is 0 Å². The molecule has 0 radical (unpaired) electrons. The van der Waals surface area contributed by atoms with Crippen LogP contribution in [0.5, 0.6) is 0 Å². The van der Waals surface area contributed by atoms with E-state index in [1.807, 2.05) is 0 Å². The van der Waals surface area contributed by atoms with Gasteiger partial charge in [-0.3, -0.25) is 4.90 Å². The minimum Gasteiger partial charge on any atom is -0.329 e. The standard InChI is InChI=1S/C18H36N2/c1-6-17(4,5)15-7-9-18(13-19,10-8-15)20-12-11-16(2,3)14-20/h15H,6-14,19H2,1-5H3. The number of hydrogen-bond donors (Lipinski definition) is 1. The Hall–Kier alpha value is -0.0800. The van der Waals surface area contributed by atoms with Crippen molar-refractivity contribution in [2.75, 3.05) is 19.6 Å². The van der Waals surface area contributed by atoms with Gasteiger partial charge in [0.2, 0.25) is 0 Å². The molecule has 2 rings (SSSR count). The molecule has 2 fully saturated rings. The van der Waals surface area contributed by atoms with Gasteiger partial charge in [-0.25, -0.2) is 0 Å². The van der Waals surface area contributed by atoms with Gasteiger partial charge in [-0.15, -0.1) is 0 Å². The summed E-state index contributed by atoms with van der Waals surface area (Å²) in [5.41, 5.74) is 7.56. The summed E-state index contributed by atoms with van der Waals surface area (Å²) in [4.78, 5) is 2.74. The Morgan fingerprint density at radius 2 is 1.75 bits per heavy atom. The van der Waals surface area contributed by atoms with Crippen molar-refractivity contribution in [2.24, 2.45) is 22.5 Å². The van der Waals surface area contributed by atoms with E-state index in [4.69, 9.17) is 5.73 Å². The first-order valence-corrected chi connectivity index (χ1v) is 8.70. The predicted octanol–water partition coefficient (Wildman–Crippen LogP) is 4.04. The van der Waals surface area contributed by atoms with Crippen LogP contribution in [0.15, 0.2) is 0 Å². The van der Waals surface area contributed by atoms with E-state index in [0.717, 1.165) is 12.5 Å². The fourth-order valence-electron chi connectivity index (χ4n) is 4.39. The van der Waals surface area contributed by atoms with Crippen molar-refractivity contribution < 1.29 is 0 Å². The maximum Gasteiger partial charge on any atom is 0.0332 e. The first-order valence-electron chi connectivity index (χ1n) is 8.70. The zero-order valence-corrected chi connectivity index (χ0v) is 14.5. The highest BCUT2D eigenvalue weighted by Crippen LogP contribution is 2.47. The Balaban J connectivity index is 2.02. The van der Waals surface area contributed by atoms with Crippen molar-refractivity contribution >= 4 is 0 Å². The molecule has 0 amide bonds. The second-order valence-electron chi connectivity index (χ2n) is 8.88. The van der Waals surface area contributed by atoms with E-state index in [2.05, 4.69) is 39.5 Å². The molecule has 1 aliphatic heterocycles. The molecule has 0 aromatic heterocycles. The lowest BCUT2D eigenvalue weighted by atomic mass is 9.65. The van der Waals surface area contributed by atoms with E-state index in [1.165, 1.54) is 51.6 Å². The highest BCUT2D eigenvalue weighted by Gasteiger charge is 2.45. The van der Waals surface area contributed by atoms with Crippen LogP contribution in [0.1, 0.15) is 73.1 Å². The summed E-state index contributed by atoms with van der Waals surface area (Å²) < 4.78 is 0. The Morgan fingerprint density at radius 3 is 2.15 bits per heavy atom. The van der Waals surface area contributed by atoms with E-state index < -0.39 is 0 Å². The van der Waals surface area contributed by atoms with E-state index in [9.17, 15) is 0 Å². The van der Waals surface area contributed by atoms with Gasteiger partial charge in [-0.05, 0) is 55.4 Å². The summed E-state index contributed by atoms with van der Waals surface area (Å²) in [6.07, 6.45) is 7.99. The van der Waals surface area contributed by atoms with Gasteiger partial charge in [-0.1, -0.05) is 41.0 Å². The fraction of sp³-hybridized carbons (Fsp3) is 1.00. The molecule has 0 atom stereocenters. The van der Waals surface area contributed by atoms with E-state index >= 15 is 0 Å². The molecule has 0 bridgehead atoms. The normalized spacial score (nSPS) is 35.4. The van der Waals surface area contributed by atoms with Crippen LogP contribution in [0.25, 0.3) is 0 Å². The smallest absolute Gasteiger partial charge is 0.0332 e. The lowest BCUT2D eigenvalue weighted by Gasteiger charge is -2.49. The van der Waals surface area contributed by atoms with Crippen molar-refractivity contribution in [2.45, 2.75) is 78.7 Å². The average molecular weight is 280 g/mol. The molecular formula is C18H36N2. The lowest BCUT2D eigenvalue weighted by Crippen LogP contribution is -2.55. The summed E-state index contributed by atoms with van der Waals surface area (Å²) in [5.74, 6) is 0.891. The highest BCUT2D eigenvalue weighted by molar-refractivity contribution is 5.01. The Morgan fingerprint density at radius 1 is 1.15 bits per heavy atom. The van der Waals surface area contributed by atoms with Crippen molar-refractivity contribution in [1.82, 2.24) is 4.90 Å². The topological polar surface area (TPSA) is 29.3 Å². The summed E-state index contributed by atoms with van der Waals surface area (Å²) >= 11 is 0. The molecule has 1 aliphatic carbocycles. The number of nitrogens with two attached hydrogens (primary N) is 1. The fourth-order valence-corrected chi connectivity index (χ4v) is 4.39. The van der Waals surface area contributed by atoms with Gasteiger partial charge in [0.15, 0.2) is 0 Å². The largest absolute Gasteiger partial charge is 0.329 e. The van der Waals surface area contributed by atoms with Gasteiger partial charge >= 0.3 is 0 Å². The van der Waals surface area contributed by atoms with Crippen LogP contribution in [0.3, 0.4) is 0 Å². The molecule has 2 heteroatoms. The molecule has 2 nitrogen and oxygen atoms in total. The lowest BCUT2D eigenvalue weighted by molar-refractivity contribution is 0.0256. The van der Waals surface area contributed by atoms with E-state index in [1.54, 1.807) is 0 Å². The van der Waals surface area contributed by atoms with Crippen LogP contribution in [0.4, 0.5) is 0 Å². The maximum atomic E-state index is 6.25. The molecule has 1 heterocycles. The van der Waals surface area contributed by atoms with Gasteiger partial charge in [0, 0.05) is 18.6 Å². The van der Waals surface area contributed by atoms with Crippen molar-refractivity contribution in [3.8, 4) is 0 Å². The molecule has 2 N–H and O–H groups in total. The molecular weight excluding hydrogens is 244 g/mol. The van der Waals surface area contributed by atoms with Crippen LogP contribution >= 0.6 is 0 Å². The highest BCUT2D eigenvalue weighted by atomic mass is 15.2. The monoisotopic (exact) mass is 280 g/mol. The minimum atomic E-state index is 0.314. The molecule has 0 aromatic carbocycles. The maximum absolute atomic E-state index is 6.25. The average Bonchev–Trinajstić information content (AvgIpc) is 2.79. The number of nitrogens with zero attached hydrogens (tertiary/aromatic N) is 1. The molecule has 1 saturated carbocycles. The van der Waals surface area contributed by atoms with Crippen molar-refractivity contribution in [3.05, 3.63) is 0 Å². The first kappa shape index (κ1) is 16.3. The molecule has 118 valence electrons. The number of rotatable bonds is 4. The quantitative estimate of drug-likeness (QED) is 0.842. The summed E-state index contributed by atoms with van der Waals surface area (Å²) in [6, 6.07) is 0. The predicted molar refractivity (Wildman–Crippen MR) is 87.8 cm³/mol. The zero-order chi connectivity index (χ0) is 15.0. The van der Waals surface area contributed by atoms with E-state index in [0.29, 0.717) is 16.4 Å². The number of likely N-dealkylation sites (tertiary alicyclic amines) is 1. The molecule has 0 spiro atoms. The van der Waals surface area contributed by atoms with Gasteiger partial charge in [0.25, 0.3) is 0 Å². The Bertz CT molecular complexity index is 324. The molecule has 0 unspecified atom stereocenters. The third kappa shape index (κ3) is 3.06.